The van der Waals surface area contributed by atoms with Gasteiger partial charge in [-0.1, -0.05) is 0 Å². The van der Waals surface area contributed by atoms with E-state index in [1.54, 1.807) is 20.2 Å². The molecule has 0 saturated heterocycles. The molecule has 4 N–H and O–H groups in total. The molecule has 1 rings (SSSR count). The molecule has 0 aliphatic heterocycles. The third-order valence-corrected chi connectivity index (χ3v) is 2.37. The van der Waals surface area contributed by atoms with Gasteiger partial charge in [0.25, 0.3) is 0 Å². The van der Waals surface area contributed by atoms with Gasteiger partial charge in [0.15, 0.2) is 5.75 Å². The summed E-state index contributed by atoms with van der Waals surface area (Å²) in [7, 11) is 1.59. The maximum absolute atomic E-state index is 9.27. The Labute approximate surface area is 95.6 Å². The predicted molar refractivity (Wildman–Crippen MR) is 63.7 cm³/mol. The van der Waals surface area contributed by atoms with Crippen molar-refractivity contribution in [3.8, 4) is 5.75 Å². The van der Waals surface area contributed by atoms with Crippen LogP contribution >= 0.6 is 0 Å². The van der Waals surface area contributed by atoms with E-state index in [0.717, 1.165) is 11.4 Å². The van der Waals surface area contributed by atoms with Crippen LogP contribution in [0.4, 0.5) is 5.69 Å². The molecule has 0 bridgehead atoms. The van der Waals surface area contributed by atoms with E-state index in [1.165, 1.54) is 0 Å². The fraction of sp³-hybridized carbons (Fsp3) is 0.545. The normalized spacial score (nSPS) is 14.3. The van der Waals surface area contributed by atoms with Gasteiger partial charge in [-0.25, -0.2) is 0 Å². The van der Waals surface area contributed by atoms with Crippen molar-refractivity contribution in [1.82, 2.24) is 4.98 Å². The first-order valence-corrected chi connectivity index (χ1v) is 5.22. The van der Waals surface area contributed by atoms with Crippen LogP contribution in [-0.2, 0) is 0 Å². The van der Waals surface area contributed by atoms with E-state index in [9.17, 15) is 5.11 Å². The highest BCUT2D eigenvalue weighted by Crippen LogP contribution is 2.23. The zero-order chi connectivity index (χ0) is 12.1. The molecule has 2 atom stereocenters. The van der Waals surface area contributed by atoms with Gasteiger partial charge in [0.05, 0.1) is 25.1 Å². The quantitative estimate of drug-likeness (QED) is 0.680. The number of aromatic nitrogens is 1. The Morgan fingerprint density at radius 3 is 2.88 bits per heavy atom. The molecular weight excluding hydrogens is 206 g/mol. The second kappa shape index (κ2) is 5.67. The number of pyridine rings is 1. The van der Waals surface area contributed by atoms with Gasteiger partial charge in [-0.05, 0) is 19.9 Å². The van der Waals surface area contributed by atoms with Crippen LogP contribution in [0.1, 0.15) is 12.6 Å². The highest BCUT2D eigenvalue weighted by atomic mass is 16.5. The topological polar surface area (TPSA) is 80.4 Å². The summed E-state index contributed by atoms with van der Waals surface area (Å²) in [5, 5.41) is 12.4. The van der Waals surface area contributed by atoms with Crippen LogP contribution in [0.25, 0.3) is 0 Å². The molecule has 1 heterocycles. The molecule has 5 heteroatoms. The Hall–Kier alpha value is -1.33. The first-order valence-electron chi connectivity index (χ1n) is 5.22. The number of nitrogens with two attached hydrogens (primary N) is 1. The van der Waals surface area contributed by atoms with E-state index in [-0.39, 0.29) is 6.04 Å². The molecule has 16 heavy (non-hydrogen) atoms. The van der Waals surface area contributed by atoms with E-state index in [4.69, 9.17) is 10.5 Å². The summed E-state index contributed by atoms with van der Waals surface area (Å²) in [4.78, 5) is 4.13. The molecule has 1 aromatic heterocycles. The molecular formula is C11H19N3O2. The molecule has 0 saturated carbocycles. The fourth-order valence-electron chi connectivity index (χ4n) is 1.25. The molecule has 0 aliphatic rings. The second-order valence-corrected chi connectivity index (χ2v) is 3.81. The lowest BCUT2D eigenvalue weighted by molar-refractivity contribution is 0.168. The van der Waals surface area contributed by atoms with Crippen LogP contribution < -0.4 is 15.8 Å². The number of nitrogens with one attached hydrogen (secondary N) is 1. The summed E-state index contributed by atoms with van der Waals surface area (Å²) in [5.74, 6) is 0.670. The lowest BCUT2D eigenvalue weighted by Gasteiger charge is -2.17. The maximum atomic E-state index is 9.27. The molecule has 0 aliphatic carbocycles. The first kappa shape index (κ1) is 12.7. The third kappa shape index (κ3) is 3.36. The molecule has 5 nitrogen and oxygen atoms in total. The molecule has 1 aromatic rings. The Kier molecular flexibility index (Phi) is 4.52. The van der Waals surface area contributed by atoms with Gasteiger partial charge >= 0.3 is 0 Å². The van der Waals surface area contributed by atoms with Crippen LogP contribution in [0.15, 0.2) is 12.3 Å². The van der Waals surface area contributed by atoms with E-state index in [2.05, 4.69) is 10.3 Å². The summed E-state index contributed by atoms with van der Waals surface area (Å²) in [6, 6.07) is 1.58. The van der Waals surface area contributed by atoms with Crippen LogP contribution in [-0.4, -0.2) is 35.9 Å². The van der Waals surface area contributed by atoms with Crippen molar-refractivity contribution < 1.29 is 9.84 Å². The van der Waals surface area contributed by atoms with Crippen LogP contribution in [0.5, 0.6) is 5.75 Å². The number of hydrogen-bond donors (Lipinski definition) is 3. The third-order valence-electron chi connectivity index (χ3n) is 2.37. The minimum atomic E-state index is -0.540. The first-order chi connectivity index (χ1) is 7.54. The molecule has 0 amide bonds. The van der Waals surface area contributed by atoms with Crippen LogP contribution in [0.2, 0.25) is 0 Å². The largest absolute Gasteiger partial charge is 0.493 e. The second-order valence-electron chi connectivity index (χ2n) is 3.81. The molecule has 0 spiro atoms. The van der Waals surface area contributed by atoms with Crippen molar-refractivity contribution in [2.75, 3.05) is 19.0 Å². The predicted octanol–water partition coefficient (Wildman–Crippen LogP) is 0.519. The number of hydrogen-bond acceptors (Lipinski definition) is 5. The van der Waals surface area contributed by atoms with E-state index in [1.807, 2.05) is 13.0 Å². The highest BCUT2D eigenvalue weighted by molar-refractivity contribution is 5.55. The molecule has 0 fully saturated rings. The Morgan fingerprint density at radius 1 is 1.62 bits per heavy atom. The fourth-order valence-corrected chi connectivity index (χ4v) is 1.25. The van der Waals surface area contributed by atoms with Crippen molar-refractivity contribution in [3.05, 3.63) is 18.0 Å². The number of aliphatic hydroxyl groups excluding tert-OH is 1. The average molecular weight is 225 g/mol. The molecule has 0 radical (unpaired) electrons. The zero-order valence-corrected chi connectivity index (χ0v) is 9.90. The van der Waals surface area contributed by atoms with Gasteiger partial charge in [-0.2, -0.15) is 0 Å². The Morgan fingerprint density at radius 2 is 2.31 bits per heavy atom. The number of aliphatic hydroxyl groups is 1. The number of nitrogens with zero attached hydrogens (tertiary/aromatic N) is 1. The van der Waals surface area contributed by atoms with Gasteiger partial charge in [0.2, 0.25) is 0 Å². The SMILES string of the molecule is COc1cnc(C)cc1NCC(N)C(C)O. The van der Waals surface area contributed by atoms with Crippen molar-refractivity contribution in [2.45, 2.75) is 26.0 Å². The maximum Gasteiger partial charge on any atom is 0.160 e. The smallest absolute Gasteiger partial charge is 0.160 e. The summed E-state index contributed by atoms with van der Waals surface area (Å²) < 4.78 is 5.16. The lowest BCUT2D eigenvalue weighted by Crippen LogP contribution is -2.38. The van der Waals surface area contributed by atoms with Crippen molar-refractivity contribution >= 4 is 5.69 Å². The van der Waals surface area contributed by atoms with Gasteiger partial charge in [-0.15, -0.1) is 0 Å². The van der Waals surface area contributed by atoms with Crippen molar-refractivity contribution in [3.63, 3.8) is 0 Å². The Bertz CT molecular complexity index is 342. The highest BCUT2D eigenvalue weighted by Gasteiger charge is 2.10. The molecule has 90 valence electrons. The summed E-state index contributed by atoms with van der Waals surface area (Å²) in [6.45, 7) is 4.05. The average Bonchev–Trinajstić information content (AvgIpc) is 2.25. The van der Waals surface area contributed by atoms with Gasteiger partial charge in [0, 0.05) is 18.3 Å². The minimum absolute atomic E-state index is 0.307. The zero-order valence-electron chi connectivity index (χ0n) is 9.90. The summed E-state index contributed by atoms with van der Waals surface area (Å²) in [5.41, 5.74) is 7.46. The number of rotatable bonds is 5. The number of anilines is 1. The lowest BCUT2D eigenvalue weighted by atomic mass is 10.2. The van der Waals surface area contributed by atoms with Crippen molar-refractivity contribution in [1.29, 1.82) is 0 Å². The van der Waals surface area contributed by atoms with Gasteiger partial charge < -0.3 is 20.9 Å². The number of ether oxygens (including phenoxy) is 1. The standard InChI is InChI=1S/C11H19N3O2/c1-7-4-10(11(16-3)6-13-7)14-5-9(12)8(2)15/h4,6,8-9,15H,5,12H2,1-3H3,(H,13,14). The summed E-state index contributed by atoms with van der Waals surface area (Å²) in [6.07, 6.45) is 1.12. The molecule has 0 aromatic carbocycles. The van der Waals surface area contributed by atoms with Gasteiger partial charge in [-0.3, -0.25) is 4.98 Å². The van der Waals surface area contributed by atoms with E-state index >= 15 is 0 Å². The Balaban J connectivity index is 2.68. The molecule has 2 unspecified atom stereocenters. The summed E-state index contributed by atoms with van der Waals surface area (Å²) >= 11 is 0. The minimum Gasteiger partial charge on any atom is -0.493 e. The van der Waals surface area contributed by atoms with E-state index < -0.39 is 6.10 Å². The number of methoxy groups -OCH3 is 1. The number of aryl methyl sites for hydroxylation is 1. The van der Waals surface area contributed by atoms with Crippen LogP contribution in [0, 0.1) is 6.92 Å². The van der Waals surface area contributed by atoms with Crippen molar-refractivity contribution in [2.24, 2.45) is 5.73 Å². The monoisotopic (exact) mass is 225 g/mol. The van der Waals surface area contributed by atoms with E-state index in [0.29, 0.717) is 12.3 Å². The van der Waals surface area contributed by atoms with Gasteiger partial charge in [0.1, 0.15) is 0 Å². The van der Waals surface area contributed by atoms with Crippen LogP contribution in [0.3, 0.4) is 0 Å².